The van der Waals surface area contributed by atoms with E-state index in [0.717, 1.165) is 30.2 Å². The summed E-state index contributed by atoms with van der Waals surface area (Å²) in [7, 11) is 0. The van der Waals surface area contributed by atoms with Crippen molar-refractivity contribution in [2.24, 2.45) is 0 Å². The highest BCUT2D eigenvalue weighted by Gasteiger charge is 2.31. The van der Waals surface area contributed by atoms with Gasteiger partial charge >= 0.3 is 0 Å². The summed E-state index contributed by atoms with van der Waals surface area (Å²) in [5.41, 5.74) is 0. The van der Waals surface area contributed by atoms with Crippen molar-refractivity contribution in [3.05, 3.63) is 34.2 Å². The minimum absolute atomic E-state index is 0.0645. The second-order valence-electron chi connectivity index (χ2n) is 6.11. The van der Waals surface area contributed by atoms with Crippen LogP contribution < -0.4 is 0 Å². The van der Waals surface area contributed by atoms with Crippen molar-refractivity contribution in [3.8, 4) is 0 Å². The molecule has 1 saturated carbocycles. The van der Waals surface area contributed by atoms with Gasteiger partial charge in [0.1, 0.15) is 0 Å². The molecule has 4 rings (SSSR count). The molecule has 0 bridgehead atoms. The molecular weight excluding hydrogens is 314 g/mol. The molecule has 7 heteroatoms. The van der Waals surface area contributed by atoms with Gasteiger partial charge in [-0.05, 0) is 24.3 Å². The smallest absolute Gasteiger partial charge is 0.230 e. The van der Waals surface area contributed by atoms with Crippen LogP contribution in [0.15, 0.2) is 21.9 Å². The molecule has 2 aliphatic rings. The van der Waals surface area contributed by atoms with Crippen LogP contribution in [-0.4, -0.2) is 46.7 Å². The fourth-order valence-corrected chi connectivity index (χ4v) is 3.51. The lowest BCUT2D eigenvalue weighted by Crippen LogP contribution is -2.45. The molecule has 6 nitrogen and oxygen atoms in total. The third kappa shape index (κ3) is 3.52. The second kappa shape index (κ2) is 6.51. The van der Waals surface area contributed by atoms with Crippen LogP contribution in [0.25, 0.3) is 0 Å². The van der Waals surface area contributed by atoms with Crippen LogP contribution in [0.1, 0.15) is 46.6 Å². The first-order valence-corrected chi connectivity index (χ1v) is 8.88. The van der Waals surface area contributed by atoms with E-state index in [0.29, 0.717) is 38.0 Å². The van der Waals surface area contributed by atoms with E-state index >= 15 is 0 Å². The number of hydrogen-bond donors (Lipinski definition) is 0. The van der Waals surface area contributed by atoms with Gasteiger partial charge in [-0.1, -0.05) is 6.07 Å². The van der Waals surface area contributed by atoms with E-state index in [2.05, 4.69) is 15.1 Å². The van der Waals surface area contributed by atoms with Crippen LogP contribution >= 0.6 is 11.3 Å². The van der Waals surface area contributed by atoms with E-state index in [4.69, 9.17) is 9.15 Å². The highest BCUT2D eigenvalue weighted by molar-refractivity contribution is 7.12. The molecule has 3 heterocycles. The van der Waals surface area contributed by atoms with E-state index in [1.54, 1.807) is 0 Å². The van der Waals surface area contributed by atoms with Crippen molar-refractivity contribution in [2.45, 2.75) is 37.8 Å². The lowest BCUT2D eigenvalue weighted by molar-refractivity contribution is -0.0159. The molecule has 0 radical (unpaired) electrons. The number of hydrogen-bond acceptors (Lipinski definition) is 7. The van der Waals surface area contributed by atoms with Gasteiger partial charge in [0.2, 0.25) is 11.8 Å². The number of ether oxygens (including phenoxy) is 1. The Morgan fingerprint density at radius 2 is 2.30 bits per heavy atom. The lowest BCUT2D eigenvalue weighted by atomic mass is 10.1. The van der Waals surface area contributed by atoms with Gasteiger partial charge in [0.25, 0.3) is 0 Å². The predicted octanol–water partition coefficient (Wildman–Crippen LogP) is 2.48. The number of aromatic nitrogens is 2. The number of ketones is 1. The highest BCUT2D eigenvalue weighted by atomic mass is 32.1. The molecule has 0 unspecified atom stereocenters. The van der Waals surface area contributed by atoms with Gasteiger partial charge in [-0.25, -0.2) is 0 Å². The normalized spacial score (nSPS) is 22.3. The second-order valence-corrected chi connectivity index (χ2v) is 7.06. The fourth-order valence-electron chi connectivity index (χ4n) is 2.84. The van der Waals surface area contributed by atoms with Gasteiger partial charge in [-0.15, -0.1) is 21.5 Å². The molecule has 2 aromatic heterocycles. The number of carbonyl (C=O) groups excluding carboxylic acids is 1. The summed E-state index contributed by atoms with van der Waals surface area (Å²) >= 11 is 1.49. The largest absolute Gasteiger partial charge is 0.424 e. The molecule has 1 atom stereocenters. The van der Waals surface area contributed by atoms with E-state index in [1.807, 2.05) is 17.5 Å². The molecule has 23 heavy (non-hydrogen) atoms. The molecule has 1 aliphatic heterocycles. The zero-order chi connectivity index (χ0) is 15.6. The van der Waals surface area contributed by atoms with Gasteiger partial charge in [-0.3, -0.25) is 9.69 Å². The van der Waals surface area contributed by atoms with Crippen LogP contribution in [0.4, 0.5) is 0 Å². The SMILES string of the molecule is O=C(C[C@H]1COCCN1Cc1nnc(C2CC2)o1)c1cccs1. The number of Topliss-reactive ketones (excluding diaryl/α,β-unsaturated/α-hetero) is 1. The third-order valence-electron chi connectivity index (χ3n) is 4.31. The molecule has 0 N–H and O–H groups in total. The molecule has 0 spiro atoms. The summed E-state index contributed by atoms with van der Waals surface area (Å²) in [5, 5.41) is 10.2. The van der Waals surface area contributed by atoms with Crippen LogP contribution in [0.5, 0.6) is 0 Å². The van der Waals surface area contributed by atoms with E-state index in [9.17, 15) is 4.79 Å². The van der Waals surface area contributed by atoms with Gasteiger partial charge in [-0.2, -0.15) is 0 Å². The van der Waals surface area contributed by atoms with Gasteiger partial charge in [0, 0.05) is 24.9 Å². The van der Waals surface area contributed by atoms with E-state index in [1.165, 1.54) is 11.3 Å². The summed E-state index contributed by atoms with van der Waals surface area (Å²) in [4.78, 5) is 15.4. The number of nitrogens with zero attached hydrogens (tertiary/aromatic N) is 3. The molecule has 1 aliphatic carbocycles. The fraction of sp³-hybridized carbons (Fsp3) is 0.562. The van der Waals surface area contributed by atoms with Crippen LogP contribution in [0.3, 0.4) is 0 Å². The Kier molecular flexibility index (Phi) is 4.24. The maximum atomic E-state index is 12.4. The molecule has 1 saturated heterocycles. The summed E-state index contributed by atoms with van der Waals surface area (Å²) in [5.74, 6) is 2.05. The molecular formula is C16H19N3O3S. The molecule has 2 aromatic rings. The number of rotatable bonds is 6. The first kappa shape index (κ1) is 15.0. The Morgan fingerprint density at radius 3 is 3.09 bits per heavy atom. The van der Waals surface area contributed by atoms with Crippen molar-refractivity contribution in [1.29, 1.82) is 0 Å². The Hall–Kier alpha value is -1.57. The summed E-state index contributed by atoms with van der Waals surface area (Å²) < 4.78 is 11.3. The number of carbonyl (C=O) groups is 1. The van der Waals surface area contributed by atoms with E-state index in [-0.39, 0.29) is 11.8 Å². The third-order valence-corrected chi connectivity index (χ3v) is 5.22. The van der Waals surface area contributed by atoms with Crippen LogP contribution in [0, 0.1) is 0 Å². The zero-order valence-electron chi connectivity index (χ0n) is 12.8. The standard InChI is InChI=1S/C16H19N3O3S/c20-13(14-2-1-7-23-14)8-12-10-21-6-5-19(12)9-15-17-18-16(22-15)11-3-4-11/h1-2,7,11-12H,3-6,8-10H2/t12-/m0/s1. The average Bonchev–Trinajstić information content (AvgIpc) is 3.08. The maximum absolute atomic E-state index is 12.4. The summed E-state index contributed by atoms with van der Waals surface area (Å²) in [6.45, 7) is 2.61. The Labute approximate surface area is 138 Å². The van der Waals surface area contributed by atoms with Gasteiger partial charge < -0.3 is 9.15 Å². The zero-order valence-corrected chi connectivity index (χ0v) is 13.6. The van der Waals surface area contributed by atoms with Crippen molar-refractivity contribution in [3.63, 3.8) is 0 Å². The minimum atomic E-state index is 0.0645. The quantitative estimate of drug-likeness (QED) is 0.757. The van der Waals surface area contributed by atoms with Gasteiger partial charge in [0.15, 0.2) is 5.78 Å². The summed E-state index contributed by atoms with van der Waals surface area (Å²) in [6, 6.07) is 3.85. The maximum Gasteiger partial charge on any atom is 0.230 e. The Morgan fingerprint density at radius 1 is 1.39 bits per heavy atom. The highest BCUT2D eigenvalue weighted by Crippen LogP contribution is 2.39. The number of morpholine rings is 1. The average molecular weight is 333 g/mol. The van der Waals surface area contributed by atoms with Crippen molar-refractivity contribution >= 4 is 17.1 Å². The monoisotopic (exact) mass is 333 g/mol. The van der Waals surface area contributed by atoms with Crippen LogP contribution in [0.2, 0.25) is 0 Å². The van der Waals surface area contributed by atoms with Crippen LogP contribution in [-0.2, 0) is 11.3 Å². The molecule has 0 amide bonds. The minimum Gasteiger partial charge on any atom is -0.424 e. The predicted molar refractivity (Wildman–Crippen MR) is 84.6 cm³/mol. The Bertz CT molecular complexity index is 666. The Balaban J connectivity index is 1.41. The van der Waals surface area contributed by atoms with Gasteiger partial charge in [0.05, 0.1) is 24.6 Å². The van der Waals surface area contributed by atoms with E-state index < -0.39 is 0 Å². The lowest BCUT2D eigenvalue weighted by Gasteiger charge is -2.34. The summed E-state index contributed by atoms with van der Waals surface area (Å²) in [6.07, 6.45) is 2.76. The number of thiophene rings is 1. The van der Waals surface area contributed by atoms with Crippen molar-refractivity contribution < 1.29 is 13.9 Å². The first-order valence-electron chi connectivity index (χ1n) is 8.00. The van der Waals surface area contributed by atoms with Crippen molar-refractivity contribution in [2.75, 3.05) is 19.8 Å². The topological polar surface area (TPSA) is 68.5 Å². The molecule has 122 valence electrons. The van der Waals surface area contributed by atoms with Crippen molar-refractivity contribution in [1.82, 2.24) is 15.1 Å². The first-order chi connectivity index (χ1) is 11.3. The molecule has 0 aromatic carbocycles. The molecule has 2 fully saturated rings.